The molecule has 2 atom stereocenters. The molecule has 0 fully saturated rings. The van der Waals surface area contributed by atoms with Crippen molar-refractivity contribution in [2.75, 3.05) is 3.74 Å². The molecule has 0 N–H and O–H groups in total. The third-order valence-electron chi connectivity index (χ3n) is 5.85. The molecule has 0 aliphatic heterocycles. The van der Waals surface area contributed by atoms with Crippen molar-refractivity contribution in [3.63, 3.8) is 0 Å². The Morgan fingerprint density at radius 3 is 1.96 bits per heavy atom. The van der Waals surface area contributed by atoms with Crippen molar-refractivity contribution in [1.29, 1.82) is 0 Å². The summed E-state index contributed by atoms with van der Waals surface area (Å²) in [7, 11) is 0. The first kappa shape index (κ1) is 21.6. The van der Waals surface area contributed by atoms with E-state index in [-0.39, 0.29) is 3.74 Å². The standard InChI is InChI=1S/C13H13S.3C4H9.Sn/c1-10(14-2)12-8-7-11-5-3-4-6-13(11)9-12;3*1-3-4-2;/h3-10H,2H2,1H3;3*1,3-4H2,2H3;/t10-;;;;/m1..../s1/i2D;;;;. The Hall–Kier alpha value is -0.151. The second-order valence-electron chi connectivity index (χ2n) is 8.18. The van der Waals surface area contributed by atoms with Gasteiger partial charge in [-0.3, -0.25) is 0 Å². The van der Waals surface area contributed by atoms with Crippen LogP contribution < -0.4 is 0 Å². The van der Waals surface area contributed by atoms with Crippen LogP contribution in [-0.2, 0) is 0 Å². The van der Waals surface area contributed by atoms with Crippen LogP contribution >= 0.6 is 11.8 Å². The third-order valence-corrected chi connectivity index (χ3v) is 24.2. The molecular weight excluding hydrogens is 451 g/mol. The summed E-state index contributed by atoms with van der Waals surface area (Å²) in [5.41, 5.74) is 1.39. The van der Waals surface area contributed by atoms with E-state index in [2.05, 4.69) is 70.2 Å². The molecule has 2 heteroatoms. The molecule has 0 aliphatic rings. The fourth-order valence-electron chi connectivity index (χ4n) is 3.92. The Morgan fingerprint density at radius 2 is 1.41 bits per heavy atom. The van der Waals surface area contributed by atoms with E-state index in [1.165, 1.54) is 68.2 Å². The molecule has 0 saturated heterocycles. The number of benzene rings is 2. The van der Waals surface area contributed by atoms with Crippen LogP contribution in [0.4, 0.5) is 0 Å². The Balaban J connectivity index is 2.18. The number of unbranched alkanes of at least 4 members (excludes halogenated alkanes) is 3. The van der Waals surface area contributed by atoms with Gasteiger partial charge in [-0.1, -0.05) is 0 Å². The van der Waals surface area contributed by atoms with Crippen LogP contribution in [0.2, 0.25) is 13.3 Å². The molecule has 2 aromatic carbocycles. The molecule has 0 spiro atoms. The minimum absolute atomic E-state index is 0.167. The molecule has 0 radical (unpaired) electrons. The van der Waals surface area contributed by atoms with E-state index in [9.17, 15) is 1.37 Å². The molecule has 0 saturated carbocycles. The Morgan fingerprint density at radius 1 is 0.852 bits per heavy atom. The normalized spacial score (nSPS) is 14.9. The van der Waals surface area contributed by atoms with Gasteiger partial charge >= 0.3 is 179 Å². The van der Waals surface area contributed by atoms with Crippen molar-refractivity contribution in [1.82, 2.24) is 0 Å². The van der Waals surface area contributed by atoms with Crippen LogP contribution in [-0.4, -0.2) is 22.1 Å². The topological polar surface area (TPSA) is 0 Å². The zero-order chi connectivity index (χ0) is 20.4. The van der Waals surface area contributed by atoms with Gasteiger partial charge in [0.2, 0.25) is 0 Å². The van der Waals surface area contributed by atoms with Crippen molar-refractivity contribution in [2.45, 2.75) is 84.8 Å². The van der Waals surface area contributed by atoms with Crippen LogP contribution in [0.3, 0.4) is 0 Å². The van der Waals surface area contributed by atoms with E-state index in [1.807, 2.05) is 11.8 Å². The summed E-state index contributed by atoms with van der Waals surface area (Å²) in [4.78, 5) is 0. The molecule has 1 unspecified atom stereocenters. The maximum absolute atomic E-state index is 9.31. The fourth-order valence-corrected chi connectivity index (χ4v) is 23.5. The Kier molecular flexibility index (Phi) is 9.91. The van der Waals surface area contributed by atoms with Gasteiger partial charge in [0.15, 0.2) is 0 Å². The molecule has 0 amide bonds. The van der Waals surface area contributed by atoms with Crippen LogP contribution in [0.25, 0.3) is 10.8 Å². The molecule has 0 bridgehead atoms. The average Bonchev–Trinajstić information content (AvgIpc) is 2.73. The van der Waals surface area contributed by atoms with Crippen molar-refractivity contribution < 1.29 is 1.37 Å². The number of fused-ring (bicyclic) bond motifs is 1. The second-order valence-corrected chi connectivity index (χ2v) is 23.5. The molecule has 0 aromatic heterocycles. The van der Waals surface area contributed by atoms with E-state index in [1.54, 1.807) is 0 Å². The van der Waals surface area contributed by atoms with Crippen LogP contribution in [0, 0.1) is 0 Å². The molecule has 2 rings (SSSR count). The van der Waals surface area contributed by atoms with Gasteiger partial charge in [-0.25, -0.2) is 0 Å². The van der Waals surface area contributed by atoms with Gasteiger partial charge in [-0.05, 0) is 0 Å². The summed E-state index contributed by atoms with van der Waals surface area (Å²) < 4.78 is 13.8. The molecule has 27 heavy (non-hydrogen) atoms. The summed E-state index contributed by atoms with van der Waals surface area (Å²) >= 11 is -0.503. The molecule has 150 valence electrons. The zero-order valence-corrected chi connectivity index (χ0v) is 21.6. The van der Waals surface area contributed by atoms with Crippen molar-refractivity contribution in [2.24, 2.45) is 0 Å². The van der Waals surface area contributed by atoms with Gasteiger partial charge in [0.05, 0.1) is 0 Å². The first-order chi connectivity index (χ1) is 13.6. The zero-order valence-electron chi connectivity index (χ0n) is 19.0. The van der Waals surface area contributed by atoms with Crippen molar-refractivity contribution in [3.8, 4) is 0 Å². The summed E-state index contributed by atoms with van der Waals surface area (Å²) in [6.45, 7) is 9.28. The van der Waals surface area contributed by atoms with Crippen LogP contribution in [0.15, 0.2) is 42.5 Å². The van der Waals surface area contributed by atoms with Gasteiger partial charge < -0.3 is 0 Å². The quantitative estimate of drug-likeness (QED) is 0.252. The number of hydrogen-bond acceptors (Lipinski definition) is 1. The SMILES string of the molecule is [2H][CH](S[C@H](C)c1ccc2ccccc2c1)[Sn]([CH2]CCC)([CH2]CCC)[CH2]CCC. The van der Waals surface area contributed by atoms with E-state index in [4.69, 9.17) is 0 Å². The first-order valence-corrected chi connectivity index (χ1v) is 19.8. The second kappa shape index (κ2) is 12.4. The minimum atomic E-state index is -2.48. The summed E-state index contributed by atoms with van der Waals surface area (Å²) in [5, 5.41) is 3.05. The third kappa shape index (κ3) is 7.31. The average molecular weight is 492 g/mol. The monoisotopic (exact) mass is 493 g/mol. The van der Waals surface area contributed by atoms with Gasteiger partial charge in [0.1, 0.15) is 0 Å². The maximum atomic E-state index is 9.31. The molecular formula is C25H40SSn. The van der Waals surface area contributed by atoms with Gasteiger partial charge in [0, 0.05) is 0 Å². The number of hydrogen-bond donors (Lipinski definition) is 0. The molecule has 0 nitrogen and oxygen atoms in total. The first-order valence-electron chi connectivity index (χ1n) is 11.7. The number of rotatable bonds is 13. The van der Waals surface area contributed by atoms with Crippen LogP contribution in [0.1, 0.15) is 78.4 Å². The predicted molar refractivity (Wildman–Crippen MR) is 130 cm³/mol. The summed E-state index contributed by atoms with van der Waals surface area (Å²) in [6, 6.07) is 15.5. The van der Waals surface area contributed by atoms with Gasteiger partial charge in [-0.2, -0.15) is 0 Å². The molecule has 0 aliphatic carbocycles. The van der Waals surface area contributed by atoms with Crippen LogP contribution in [0.5, 0.6) is 0 Å². The van der Waals surface area contributed by atoms with Gasteiger partial charge in [-0.15, -0.1) is 0 Å². The summed E-state index contributed by atoms with van der Waals surface area (Å²) in [6.07, 6.45) is 7.91. The summed E-state index contributed by atoms with van der Waals surface area (Å²) in [5.74, 6) is 0. The van der Waals surface area contributed by atoms with E-state index < -0.39 is 18.4 Å². The Labute approximate surface area is 178 Å². The van der Waals surface area contributed by atoms with E-state index in [0.717, 1.165) is 0 Å². The fraction of sp³-hybridized carbons (Fsp3) is 0.600. The van der Waals surface area contributed by atoms with Gasteiger partial charge in [0.25, 0.3) is 0 Å². The van der Waals surface area contributed by atoms with Crippen molar-refractivity contribution in [3.05, 3.63) is 48.0 Å². The molecule has 2 aromatic rings. The predicted octanol–water partition coefficient (Wildman–Crippen LogP) is 9.02. The Bertz CT molecular complexity index is 680. The molecule has 0 heterocycles. The van der Waals surface area contributed by atoms with Crippen molar-refractivity contribution >= 4 is 40.9 Å². The van der Waals surface area contributed by atoms with E-state index >= 15 is 0 Å². The van der Waals surface area contributed by atoms with E-state index in [0.29, 0.717) is 5.25 Å². The number of thioether (sulfide) groups is 1.